The molecule has 0 bridgehead atoms. The van der Waals surface area contributed by atoms with Gasteiger partial charge in [-0.1, -0.05) is 5.16 Å². The largest absolute Gasteiger partial charge is 0.443 e. The van der Waals surface area contributed by atoms with Crippen molar-refractivity contribution in [1.29, 1.82) is 0 Å². The molecule has 1 N–H and O–H groups in total. The van der Waals surface area contributed by atoms with Crippen molar-refractivity contribution >= 4 is 22.7 Å². The van der Waals surface area contributed by atoms with Crippen molar-refractivity contribution in [2.24, 2.45) is 0 Å². The minimum atomic E-state index is -0.234. The van der Waals surface area contributed by atoms with Gasteiger partial charge in [0.15, 0.2) is 12.0 Å². The highest BCUT2D eigenvalue weighted by Gasteiger charge is 2.12. The smallest absolute Gasteiger partial charge is 0.255 e. The summed E-state index contributed by atoms with van der Waals surface area (Å²) in [5, 5.41) is 11.0. The summed E-state index contributed by atoms with van der Waals surface area (Å²) >= 11 is 0. The molecule has 0 radical (unpaired) electrons. The lowest BCUT2D eigenvalue weighted by atomic mass is 10.2. The second kappa shape index (κ2) is 5.90. The quantitative estimate of drug-likeness (QED) is 0.615. The molecule has 126 valence electrons. The third kappa shape index (κ3) is 2.89. The Morgan fingerprint density at radius 1 is 1.32 bits per heavy atom. The first-order valence-corrected chi connectivity index (χ1v) is 7.69. The Morgan fingerprint density at radius 3 is 3.00 bits per heavy atom. The topological polar surface area (TPSA) is 99.0 Å². The van der Waals surface area contributed by atoms with Gasteiger partial charge in [-0.15, -0.1) is 0 Å². The van der Waals surface area contributed by atoms with Gasteiger partial charge < -0.3 is 14.3 Å². The van der Waals surface area contributed by atoms with Crippen LogP contribution in [0.1, 0.15) is 27.4 Å². The summed E-state index contributed by atoms with van der Waals surface area (Å²) in [5.74, 6) is 0.529. The highest BCUT2D eigenvalue weighted by molar-refractivity contribution is 6.05. The zero-order chi connectivity index (χ0) is 17.4. The van der Waals surface area contributed by atoms with E-state index in [1.807, 2.05) is 13.8 Å². The van der Waals surface area contributed by atoms with E-state index in [0.29, 0.717) is 28.9 Å². The second-order valence-corrected chi connectivity index (χ2v) is 5.72. The van der Waals surface area contributed by atoms with Crippen molar-refractivity contribution < 1.29 is 13.7 Å². The molecule has 25 heavy (non-hydrogen) atoms. The molecule has 3 aromatic heterocycles. The monoisotopic (exact) mass is 337 g/mol. The molecule has 0 aliphatic rings. The Balaban J connectivity index is 1.49. The van der Waals surface area contributed by atoms with E-state index in [-0.39, 0.29) is 5.91 Å². The number of carbonyl (C=O) groups is 1. The number of rotatable bonds is 4. The standard InChI is InChI=1S/C17H15N5O3/c1-10-14(11(2)25-21-10)8-22-7-13(6-19-22)20-17(23)12-3-4-16-15(5-12)18-9-24-16/h3-7,9H,8H2,1-2H3,(H,20,23). The molecule has 8 nitrogen and oxygen atoms in total. The molecule has 0 unspecified atom stereocenters. The van der Waals surface area contributed by atoms with Crippen molar-refractivity contribution in [3.8, 4) is 0 Å². The van der Waals surface area contributed by atoms with Crippen molar-refractivity contribution in [2.75, 3.05) is 5.32 Å². The Kier molecular flexibility index (Phi) is 3.57. The third-order valence-electron chi connectivity index (χ3n) is 3.99. The van der Waals surface area contributed by atoms with Crippen molar-refractivity contribution in [3.05, 3.63) is 59.6 Å². The van der Waals surface area contributed by atoms with Crippen LogP contribution in [-0.4, -0.2) is 25.8 Å². The molecule has 0 aliphatic carbocycles. The molecule has 0 aliphatic heterocycles. The minimum absolute atomic E-state index is 0.234. The maximum Gasteiger partial charge on any atom is 0.255 e. The third-order valence-corrected chi connectivity index (χ3v) is 3.99. The van der Waals surface area contributed by atoms with E-state index in [9.17, 15) is 4.79 Å². The predicted octanol–water partition coefficient (Wildman–Crippen LogP) is 2.93. The summed E-state index contributed by atoms with van der Waals surface area (Å²) in [6.07, 6.45) is 4.72. The average Bonchev–Trinajstić information content (AvgIpc) is 3.31. The molecule has 1 amide bonds. The van der Waals surface area contributed by atoms with E-state index in [4.69, 9.17) is 8.94 Å². The molecule has 4 rings (SSSR count). The molecule has 0 spiro atoms. The highest BCUT2D eigenvalue weighted by atomic mass is 16.5. The van der Waals surface area contributed by atoms with Gasteiger partial charge in [-0.3, -0.25) is 9.48 Å². The Labute approximate surface area is 142 Å². The summed E-state index contributed by atoms with van der Waals surface area (Å²) in [7, 11) is 0. The molecule has 0 atom stereocenters. The van der Waals surface area contributed by atoms with E-state index in [1.54, 1.807) is 35.3 Å². The van der Waals surface area contributed by atoms with Crippen molar-refractivity contribution in [2.45, 2.75) is 20.4 Å². The predicted molar refractivity (Wildman–Crippen MR) is 89.3 cm³/mol. The summed E-state index contributed by atoms with van der Waals surface area (Å²) in [5.41, 5.74) is 4.21. The summed E-state index contributed by atoms with van der Waals surface area (Å²) in [6.45, 7) is 4.28. The Hall–Kier alpha value is -3.42. The van der Waals surface area contributed by atoms with E-state index in [1.165, 1.54) is 6.39 Å². The zero-order valence-electron chi connectivity index (χ0n) is 13.7. The molecule has 1 aromatic carbocycles. The normalized spacial score (nSPS) is 11.1. The first kappa shape index (κ1) is 15.1. The van der Waals surface area contributed by atoms with Crippen molar-refractivity contribution in [3.63, 3.8) is 0 Å². The van der Waals surface area contributed by atoms with Crippen molar-refractivity contribution in [1.82, 2.24) is 19.9 Å². The maximum atomic E-state index is 12.4. The van der Waals surface area contributed by atoms with Gasteiger partial charge >= 0.3 is 0 Å². The van der Waals surface area contributed by atoms with Crippen LogP contribution < -0.4 is 5.32 Å². The van der Waals surface area contributed by atoms with Gasteiger partial charge in [0.2, 0.25) is 0 Å². The number of nitrogens with zero attached hydrogens (tertiary/aromatic N) is 4. The van der Waals surface area contributed by atoms with Gasteiger partial charge in [0, 0.05) is 17.3 Å². The first-order valence-electron chi connectivity index (χ1n) is 7.69. The van der Waals surface area contributed by atoms with E-state index in [2.05, 4.69) is 20.6 Å². The highest BCUT2D eigenvalue weighted by Crippen LogP contribution is 2.17. The number of hydrogen-bond acceptors (Lipinski definition) is 6. The van der Waals surface area contributed by atoms with Crippen LogP contribution in [0.15, 0.2) is 45.9 Å². The summed E-state index contributed by atoms with van der Waals surface area (Å²) < 4.78 is 12.1. The van der Waals surface area contributed by atoms with Crippen LogP contribution in [-0.2, 0) is 6.54 Å². The van der Waals surface area contributed by atoms with Gasteiger partial charge in [0.25, 0.3) is 5.91 Å². The van der Waals surface area contributed by atoms with Crippen LogP contribution in [0.4, 0.5) is 5.69 Å². The number of hydrogen-bond donors (Lipinski definition) is 1. The zero-order valence-corrected chi connectivity index (χ0v) is 13.7. The molecule has 0 saturated heterocycles. The summed E-state index contributed by atoms with van der Waals surface area (Å²) in [4.78, 5) is 16.4. The number of anilines is 1. The molecule has 0 saturated carbocycles. The fraction of sp³-hybridized carbons (Fsp3) is 0.176. The van der Waals surface area contributed by atoms with E-state index in [0.717, 1.165) is 17.0 Å². The Bertz CT molecular complexity index is 1040. The second-order valence-electron chi connectivity index (χ2n) is 5.72. The minimum Gasteiger partial charge on any atom is -0.443 e. The number of aromatic nitrogens is 4. The van der Waals surface area contributed by atoms with Crippen LogP contribution in [0, 0.1) is 13.8 Å². The summed E-state index contributed by atoms with van der Waals surface area (Å²) in [6, 6.07) is 5.09. The lowest BCUT2D eigenvalue weighted by molar-refractivity contribution is 0.102. The van der Waals surface area contributed by atoms with Crippen LogP contribution in [0.25, 0.3) is 11.1 Å². The SMILES string of the molecule is Cc1noc(C)c1Cn1cc(NC(=O)c2ccc3ocnc3c2)cn1. The van der Waals surface area contributed by atoms with Crippen LogP contribution in [0.3, 0.4) is 0 Å². The van der Waals surface area contributed by atoms with Gasteiger partial charge in [-0.05, 0) is 32.0 Å². The molecular formula is C17H15N5O3. The number of nitrogens with one attached hydrogen (secondary N) is 1. The van der Waals surface area contributed by atoms with Gasteiger partial charge in [-0.2, -0.15) is 5.10 Å². The molecule has 4 aromatic rings. The molecule has 8 heteroatoms. The number of fused-ring (bicyclic) bond motifs is 1. The average molecular weight is 337 g/mol. The lowest BCUT2D eigenvalue weighted by Gasteiger charge is -2.02. The number of carbonyl (C=O) groups excluding carboxylic acids is 1. The van der Waals surface area contributed by atoms with Gasteiger partial charge in [0.05, 0.1) is 24.1 Å². The molecule has 3 heterocycles. The maximum absolute atomic E-state index is 12.4. The van der Waals surface area contributed by atoms with Gasteiger partial charge in [-0.25, -0.2) is 4.98 Å². The first-order chi connectivity index (χ1) is 12.1. The Morgan fingerprint density at radius 2 is 2.20 bits per heavy atom. The van der Waals surface area contributed by atoms with Crippen LogP contribution in [0.5, 0.6) is 0 Å². The van der Waals surface area contributed by atoms with Crippen LogP contribution >= 0.6 is 0 Å². The number of amides is 1. The lowest BCUT2D eigenvalue weighted by Crippen LogP contribution is -2.11. The number of benzene rings is 1. The number of oxazole rings is 1. The fourth-order valence-corrected chi connectivity index (χ4v) is 2.61. The number of aryl methyl sites for hydroxylation is 2. The van der Waals surface area contributed by atoms with Crippen LogP contribution in [0.2, 0.25) is 0 Å². The molecule has 0 fully saturated rings. The van der Waals surface area contributed by atoms with E-state index >= 15 is 0 Å². The van der Waals surface area contributed by atoms with Gasteiger partial charge in [0.1, 0.15) is 11.3 Å². The van der Waals surface area contributed by atoms with E-state index < -0.39 is 0 Å². The molecular weight excluding hydrogens is 322 g/mol. The fourth-order valence-electron chi connectivity index (χ4n) is 2.61.